The fourth-order valence-electron chi connectivity index (χ4n) is 1.54. The van der Waals surface area contributed by atoms with Gasteiger partial charge in [-0.2, -0.15) is 0 Å². The number of amides is 1. The second-order valence-electron chi connectivity index (χ2n) is 4.03. The van der Waals surface area contributed by atoms with Crippen molar-refractivity contribution in [1.82, 2.24) is 10.3 Å². The fourth-order valence-corrected chi connectivity index (χ4v) is 2.09. The van der Waals surface area contributed by atoms with Gasteiger partial charge in [0.25, 0.3) is 0 Å². The minimum absolute atomic E-state index is 0.186. The number of aryl methyl sites for hydroxylation is 1. The molecule has 94 valence electrons. The highest BCUT2D eigenvalue weighted by Crippen LogP contribution is 2.12. The molecule has 2 aromatic rings. The molecule has 0 aliphatic heterocycles. The van der Waals surface area contributed by atoms with Crippen LogP contribution in [0, 0.1) is 6.92 Å². The standard InChI is InChI=1S/C13H15N3OS/c1-9-2-4-10(5-3-9)12(14)13(17)16-8-11-15-6-7-18-11/h2-7,12H,8,14H2,1H3,(H,16,17). The molecule has 1 aromatic heterocycles. The number of thiazole rings is 1. The summed E-state index contributed by atoms with van der Waals surface area (Å²) in [6, 6.07) is 7.02. The SMILES string of the molecule is Cc1ccc(C(N)C(=O)NCc2nccs2)cc1. The largest absolute Gasteiger partial charge is 0.348 e. The number of hydrogen-bond donors (Lipinski definition) is 2. The molecule has 0 radical (unpaired) electrons. The van der Waals surface area contributed by atoms with Crippen LogP contribution in [0.3, 0.4) is 0 Å². The van der Waals surface area contributed by atoms with E-state index in [0.29, 0.717) is 6.54 Å². The predicted molar refractivity (Wildman–Crippen MR) is 72.1 cm³/mol. The molecule has 3 N–H and O–H groups in total. The molecule has 0 spiro atoms. The Morgan fingerprint density at radius 2 is 2.17 bits per heavy atom. The van der Waals surface area contributed by atoms with Crippen molar-refractivity contribution >= 4 is 17.2 Å². The summed E-state index contributed by atoms with van der Waals surface area (Å²) in [5.74, 6) is -0.186. The van der Waals surface area contributed by atoms with Gasteiger partial charge in [-0.05, 0) is 12.5 Å². The monoisotopic (exact) mass is 261 g/mol. The van der Waals surface area contributed by atoms with E-state index in [2.05, 4.69) is 10.3 Å². The Morgan fingerprint density at radius 1 is 1.44 bits per heavy atom. The van der Waals surface area contributed by atoms with E-state index in [4.69, 9.17) is 5.73 Å². The van der Waals surface area contributed by atoms with Crippen LogP contribution in [0.25, 0.3) is 0 Å². The number of nitrogens with zero attached hydrogens (tertiary/aromatic N) is 1. The van der Waals surface area contributed by atoms with Crippen molar-refractivity contribution < 1.29 is 4.79 Å². The van der Waals surface area contributed by atoms with Crippen LogP contribution < -0.4 is 11.1 Å². The van der Waals surface area contributed by atoms with Crippen LogP contribution in [0.4, 0.5) is 0 Å². The van der Waals surface area contributed by atoms with Gasteiger partial charge < -0.3 is 11.1 Å². The van der Waals surface area contributed by atoms with Crippen LogP contribution in [0.15, 0.2) is 35.8 Å². The molecule has 1 unspecified atom stereocenters. The van der Waals surface area contributed by atoms with Gasteiger partial charge in [0.05, 0.1) is 6.54 Å². The zero-order valence-corrected chi connectivity index (χ0v) is 10.9. The molecule has 1 heterocycles. The van der Waals surface area contributed by atoms with Crippen LogP contribution in [0.5, 0.6) is 0 Å². The topological polar surface area (TPSA) is 68.0 Å². The molecule has 0 fully saturated rings. The van der Waals surface area contributed by atoms with E-state index in [0.717, 1.165) is 16.1 Å². The van der Waals surface area contributed by atoms with Crippen LogP contribution in [-0.4, -0.2) is 10.9 Å². The second-order valence-corrected chi connectivity index (χ2v) is 5.01. The number of hydrogen-bond acceptors (Lipinski definition) is 4. The molecule has 4 nitrogen and oxygen atoms in total. The lowest BCUT2D eigenvalue weighted by molar-refractivity contribution is -0.122. The normalized spacial score (nSPS) is 12.1. The molecule has 0 aliphatic carbocycles. The highest BCUT2D eigenvalue weighted by molar-refractivity contribution is 7.09. The van der Waals surface area contributed by atoms with Crippen molar-refractivity contribution in [2.24, 2.45) is 5.73 Å². The lowest BCUT2D eigenvalue weighted by atomic mass is 10.1. The van der Waals surface area contributed by atoms with E-state index in [1.807, 2.05) is 36.6 Å². The molecule has 0 saturated carbocycles. The Bertz CT molecular complexity index is 508. The highest BCUT2D eigenvalue weighted by atomic mass is 32.1. The number of carbonyl (C=O) groups excluding carboxylic acids is 1. The number of nitrogens with one attached hydrogen (secondary N) is 1. The van der Waals surface area contributed by atoms with E-state index in [-0.39, 0.29) is 5.91 Å². The van der Waals surface area contributed by atoms with Gasteiger partial charge in [-0.3, -0.25) is 4.79 Å². The third-order valence-electron chi connectivity index (χ3n) is 2.62. The summed E-state index contributed by atoms with van der Waals surface area (Å²) in [7, 11) is 0. The molecule has 5 heteroatoms. The average Bonchev–Trinajstić information content (AvgIpc) is 2.89. The first-order valence-electron chi connectivity index (χ1n) is 5.65. The van der Waals surface area contributed by atoms with Crippen molar-refractivity contribution in [3.05, 3.63) is 52.0 Å². The van der Waals surface area contributed by atoms with Crippen molar-refractivity contribution in [2.45, 2.75) is 19.5 Å². The molecule has 0 saturated heterocycles. The molecule has 0 bridgehead atoms. The number of aromatic nitrogens is 1. The summed E-state index contributed by atoms with van der Waals surface area (Å²) in [6.45, 7) is 2.42. The maximum atomic E-state index is 11.9. The zero-order valence-electron chi connectivity index (χ0n) is 10.1. The lowest BCUT2D eigenvalue weighted by Crippen LogP contribution is -2.33. The summed E-state index contributed by atoms with van der Waals surface area (Å²) in [4.78, 5) is 16.0. The van der Waals surface area contributed by atoms with Crippen LogP contribution in [0.1, 0.15) is 22.2 Å². The predicted octanol–water partition coefficient (Wildman–Crippen LogP) is 1.77. The first kappa shape index (κ1) is 12.7. The van der Waals surface area contributed by atoms with Crippen molar-refractivity contribution in [3.63, 3.8) is 0 Å². The Hall–Kier alpha value is -1.72. The summed E-state index contributed by atoms with van der Waals surface area (Å²) in [5.41, 5.74) is 7.86. The van der Waals surface area contributed by atoms with E-state index in [9.17, 15) is 4.79 Å². The molecule has 1 aromatic carbocycles. The van der Waals surface area contributed by atoms with Gasteiger partial charge in [0.1, 0.15) is 11.0 Å². The summed E-state index contributed by atoms with van der Waals surface area (Å²) in [6.07, 6.45) is 1.71. The second kappa shape index (κ2) is 5.75. The molecule has 1 atom stereocenters. The molecule has 2 rings (SSSR count). The smallest absolute Gasteiger partial charge is 0.241 e. The molecule has 0 aliphatic rings. The van der Waals surface area contributed by atoms with Gasteiger partial charge in [0.15, 0.2) is 0 Å². The number of benzene rings is 1. The average molecular weight is 261 g/mol. The van der Waals surface area contributed by atoms with Gasteiger partial charge in [-0.25, -0.2) is 4.98 Å². The van der Waals surface area contributed by atoms with Gasteiger partial charge in [0, 0.05) is 11.6 Å². The van der Waals surface area contributed by atoms with Crippen molar-refractivity contribution in [1.29, 1.82) is 0 Å². The van der Waals surface area contributed by atoms with Crippen molar-refractivity contribution in [2.75, 3.05) is 0 Å². The Balaban J connectivity index is 1.94. The lowest BCUT2D eigenvalue weighted by Gasteiger charge is -2.12. The maximum Gasteiger partial charge on any atom is 0.241 e. The van der Waals surface area contributed by atoms with E-state index < -0.39 is 6.04 Å². The minimum atomic E-state index is -0.634. The van der Waals surface area contributed by atoms with Gasteiger partial charge in [0.2, 0.25) is 5.91 Å². The Kier molecular flexibility index (Phi) is 4.07. The summed E-state index contributed by atoms with van der Waals surface area (Å²) in [5, 5.41) is 5.53. The van der Waals surface area contributed by atoms with Crippen LogP contribution >= 0.6 is 11.3 Å². The Labute approximate surface area is 110 Å². The molecule has 18 heavy (non-hydrogen) atoms. The van der Waals surface area contributed by atoms with Gasteiger partial charge in [-0.1, -0.05) is 29.8 Å². The Morgan fingerprint density at radius 3 is 2.78 bits per heavy atom. The minimum Gasteiger partial charge on any atom is -0.348 e. The summed E-state index contributed by atoms with van der Waals surface area (Å²) >= 11 is 1.51. The maximum absolute atomic E-state index is 11.9. The van der Waals surface area contributed by atoms with Crippen LogP contribution in [0.2, 0.25) is 0 Å². The third kappa shape index (κ3) is 3.15. The van der Waals surface area contributed by atoms with E-state index >= 15 is 0 Å². The number of nitrogens with two attached hydrogens (primary N) is 1. The molecular formula is C13H15N3OS. The first-order chi connectivity index (χ1) is 8.66. The fraction of sp³-hybridized carbons (Fsp3) is 0.231. The quantitative estimate of drug-likeness (QED) is 0.881. The van der Waals surface area contributed by atoms with Crippen LogP contribution in [-0.2, 0) is 11.3 Å². The van der Waals surface area contributed by atoms with Crippen molar-refractivity contribution in [3.8, 4) is 0 Å². The molecule has 1 amide bonds. The van der Waals surface area contributed by atoms with Gasteiger partial charge >= 0.3 is 0 Å². The van der Waals surface area contributed by atoms with E-state index in [1.54, 1.807) is 6.20 Å². The zero-order chi connectivity index (χ0) is 13.0. The number of carbonyl (C=O) groups is 1. The molecular weight excluding hydrogens is 246 g/mol. The van der Waals surface area contributed by atoms with E-state index in [1.165, 1.54) is 11.3 Å². The van der Waals surface area contributed by atoms with Gasteiger partial charge in [-0.15, -0.1) is 11.3 Å². The first-order valence-corrected chi connectivity index (χ1v) is 6.53. The highest BCUT2D eigenvalue weighted by Gasteiger charge is 2.15. The third-order valence-corrected chi connectivity index (χ3v) is 3.40. The number of rotatable bonds is 4. The summed E-state index contributed by atoms with van der Waals surface area (Å²) < 4.78 is 0.